The largest absolute Gasteiger partial charge is 0.481 e. The van der Waals surface area contributed by atoms with E-state index in [4.69, 9.17) is 11.6 Å². The van der Waals surface area contributed by atoms with Gasteiger partial charge in [0.25, 0.3) is 10.0 Å². The monoisotopic (exact) mass is 337 g/mol. The van der Waals surface area contributed by atoms with Crippen LogP contribution in [0.5, 0.6) is 0 Å². The Morgan fingerprint density at radius 2 is 1.91 bits per heavy atom. The highest BCUT2D eigenvalue weighted by Gasteiger charge is 2.39. The van der Waals surface area contributed by atoms with Crippen LogP contribution in [-0.4, -0.2) is 26.0 Å². The Bertz CT molecular complexity index is 850. The number of carboxylic acids is 1. The number of anilines is 1. The number of sulfonamides is 1. The van der Waals surface area contributed by atoms with Gasteiger partial charge in [-0.1, -0.05) is 35.9 Å². The van der Waals surface area contributed by atoms with Crippen LogP contribution in [0.15, 0.2) is 53.4 Å². The van der Waals surface area contributed by atoms with Gasteiger partial charge in [-0.05, 0) is 29.8 Å². The van der Waals surface area contributed by atoms with E-state index in [1.807, 2.05) is 0 Å². The highest BCUT2D eigenvalue weighted by Crippen LogP contribution is 2.39. The molecule has 1 heterocycles. The number of para-hydroxylation sites is 1. The smallest absolute Gasteiger partial charge is 0.312 e. The Balaban J connectivity index is 2.11. The fourth-order valence-electron chi connectivity index (χ4n) is 2.57. The Labute approximate surface area is 132 Å². The number of fused-ring (bicyclic) bond motifs is 1. The lowest BCUT2D eigenvalue weighted by atomic mass is 10.0. The standard InChI is InChI=1S/C15H12ClNO4S/c16-10-4-3-5-11(8-10)22(20,21)17-9-13(15(18)19)12-6-1-2-7-14(12)17/h1-8,13H,9H2,(H,18,19). The quantitative estimate of drug-likeness (QED) is 0.934. The predicted molar refractivity (Wildman–Crippen MR) is 82.8 cm³/mol. The number of nitrogens with zero attached hydrogens (tertiary/aromatic N) is 1. The SMILES string of the molecule is O=C(O)C1CN(S(=O)(=O)c2cccc(Cl)c2)c2ccccc21. The van der Waals surface area contributed by atoms with Gasteiger partial charge in [-0.25, -0.2) is 8.42 Å². The van der Waals surface area contributed by atoms with E-state index >= 15 is 0 Å². The Morgan fingerprint density at radius 3 is 2.59 bits per heavy atom. The van der Waals surface area contributed by atoms with Crippen LogP contribution in [0.2, 0.25) is 5.02 Å². The molecule has 1 aliphatic rings. The molecule has 0 bridgehead atoms. The van der Waals surface area contributed by atoms with Crippen molar-refractivity contribution in [3.63, 3.8) is 0 Å². The molecule has 3 rings (SSSR count). The molecule has 22 heavy (non-hydrogen) atoms. The third-order valence-electron chi connectivity index (χ3n) is 3.61. The predicted octanol–water partition coefficient (Wildman–Crippen LogP) is 2.72. The molecule has 0 saturated carbocycles. The molecular formula is C15H12ClNO4S. The molecule has 0 aromatic heterocycles. The normalized spacial score (nSPS) is 17.3. The molecule has 0 amide bonds. The summed E-state index contributed by atoms with van der Waals surface area (Å²) in [6.07, 6.45) is 0. The highest BCUT2D eigenvalue weighted by atomic mass is 35.5. The van der Waals surface area contributed by atoms with Crippen molar-refractivity contribution in [3.05, 3.63) is 59.1 Å². The maximum absolute atomic E-state index is 12.8. The molecule has 0 saturated heterocycles. The molecule has 2 aromatic rings. The summed E-state index contributed by atoms with van der Waals surface area (Å²) >= 11 is 5.86. The van der Waals surface area contributed by atoms with Crippen LogP contribution in [0.25, 0.3) is 0 Å². The number of hydrogen-bond acceptors (Lipinski definition) is 3. The number of aliphatic carboxylic acids is 1. The topological polar surface area (TPSA) is 74.7 Å². The molecule has 7 heteroatoms. The first kappa shape index (κ1) is 14.9. The number of rotatable bonds is 3. The molecule has 1 aliphatic heterocycles. The van der Waals surface area contributed by atoms with Gasteiger partial charge in [0, 0.05) is 5.02 Å². The molecule has 5 nitrogen and oxygen atoms in total. The Kier molecular flexibility index (Phi) is 3.58. The van der Waals surface area contributed by atoms with Crippen molar-refractivity contribution in [1.29, 1.82) is 0 Å². The van der Waals surface area contributed by atoms with E-state index in [9.17, 15) is 18.3 Å². The van der Waals surface area contributed by atoms with E-state index in [0.717, 1.165) is 4.31 Å². The van der Waals surface area contributed by atoms with Crippen LogP contribution in [0.1, 0.15) is 11.5 Å². The molecular weight excluding hydrogens is 326 g/mol. The number of hydrogen-bond donors (Lipinski definition) is 1. The first-order valence-electron chi connectivity index (χ1n) is 6.51. The lowest BCUT2D eigenvalue weighted by molar-refractivity contribution is -0.138. The van der Waals surface area contributed by atoms with Crippen LogP contribution in [0.4, 0.5) is 5.69 Å². The number of carbonyl (C=O) groups is 1. The first-order valence-corrected chi connectivity index (χ1v) is 8.33. The van der Waals surface area contributed by atoms with Crippen molar-refractivity contribution in [2.24, 2.45) is 0 Å². The number of halogens is 1. The summed E-state index contributed by atoms with van der Waals surface area (Å²) in [6.45, 7) is -0.122. The van der Waals surface area contributed by atoms with E-state index in [0.29, 0.717) is 16.3 Å². The van der Waals surface area contributed by atoms with Gasteiger partial charge in [-0.15, -0.1) is 0 Å². The second-order valence-corrected chi connectivity index (χ2v) is 7.24. The second-order valence-electron chi connectivity index (χ2n) is 4.94. The average molecular weight is 338 g/mol. The van der Waals surface area contributed by atoms with Gasteiger partial charge < -0.3 is 5.11 Å². The molecule has 0 fully saturated rings. The zero-order chi connectivity index (χ0) is 15.9. The molecule has 1 unspecified atom stereocenters. The molecule has 0 radical (unpaired) electrons. The van der Waals surface area contributed by atoms with Crippen LogP contribution in [0.3, 0.4) is 0 Å². The highest BCUT2D eigenvalue weighted by molar-refractivity contribution is 7.92. The van der Waals surface area contributed by atoms with Crippen LogP contribution in [0, 0.1) is 0 Å². The van der Waals surface area contributed by atoms with Crippen LogP contribution in [-0.2, 0) is 14.8 Å². The summed E-state index contributed by atoms with van der Waals surface area (Å²) in [5, 5.41) is 9.62. The van der Waals surface area contributed by atoms with Crippen molar-refractivity contribution in [2.45, 2.75) is 10.8 Å². The summed E-state index contributed by atoms with van der Waals surface area (Å²) in [4.78, 5) is 11.4. The van der Waals surface area contributed by atoms with Gasteiger partial charge in [0.05, 0.1) is 17.1 Å². The fourth-order valence-corrected chi connectivity index (χ4v) is 4.37. The van der Waals surface area contributed by atoms with E-state index < -0.39 is 21.9 Å². The number of carboxylic acid groups (broad SMARTS) is 1. The van der Waals surface area contributed by atoms with Crippen molar-refractivity contribution in [3.8, 4) is 0 Å². The maximum Gasteiger partial charge on any atom is 0.312 e. The third-order valence-corrected chi connectivity index (χ3v) is 5.62. The van der Waals surface area contributed by atoms with Crippen molar-refractivity contribution in [1.82, 2.24) is 0 Å². The average Bonchev–Trinajstić information content (AvgIpc) is 2.87. The number of benzene rings is 2. The van der Waals surface area contributed by atoms with E-state index in [1.54, 1.807) is 36.4 Å². The van der Waals surface area contributed by atoms with Crippen LogP contribution >= 0.6 is 11.6 Å². The van der Waals surface area contributed by atoms with E-state index in [1.165, 1.54) is 12.1 Å². The lowest BCUT2D eigenvalue weighted by Gasteiger charge is -2.19. The van der Waals surface area contributed by atoms with E-state index in [2.05, 4.69) is 0 Å². The minimum atomic E-state index is -3.86. The summed E-state index contributed by atoms with van der Waals surface area (Å²) < 4.78 is 26.7. The summed E-state index contributed by atoms with van der Waals surface area (Å²) in [5.74, 6) is -1.92. The molecule has 1 atom stereocenters. The zero-order valence-corrected chi connectivity index (χ0v) is 12.9. The van der Waals surface area contributed by atoms with E-state index in [-0.39, 0.29) is 11.4 Å². The van der Waals surface area contributed by atoms with Crippen molar-refractivity contribution >= 4 is 33.3 Å². The molecule has 114 valence electrons. The fraction of sp³-hybridized carbons (Fsp3) is 0.133. The second kappa shape index (κ2) is 5.30. The van der Waals surface area contributed by atoms with Gasteiger partial charge in [0.2, 0.25) is 0 Å². The van der Waals surface area contributed by atoms with Gasteiger partial charge in [0.15, 0.2) is 0 Å². The molecule has 0 aliphatic carbocycles. The minimum Gasteiger partial charge on any atom is -0.481 e. The molecule has 1 N–H and O–H groups in total. The third kappa shape index (κ3) is 2.34. The van der Waals surface area contributed by atoms with Crippen molar-refractivity contribution in [2.75, 3.05) is 10.8 Å². The summed E-state index contributed by atoms with van der Waals surface area (Å²) in [6, 6.07) is 12.6. The van der Waals surface area contributed by atoms with Gasteiger partial charge in [0.1, 0.15) is 5.92 Å². The maximum atomic E-state index is 12.8. The summed E-state index contributed by atoms with van der Waals surface area (Å²) in [5.41, 5.74) is 0.899. The first-order chi connectivity index (χ1) is 10.4. The lowest BCUT2D eigenvalue weighted by Crippen LogP contribution is -2.31. The van der Waals surface area contributed by atoms with Gasteiger partial charge in [-0.3, -0.25) is 9.10 Å². The minimum absolute atomic E-state index is 0.0424. The van der Waals surface area contributed by atoms with Gasteiger partial charge in [-0.2, -0.15) is 0 Å². The molecule has 0 spiro atoms. The van der Waals surface area contributed by atoms with Gasteiger partial charge >= 0.3 is 5.97 Å². The Hall–Kier alpha value is -2.05. The Morgan fingerprint density at radius 1 is 1.18 bits per heavy atom. The zero-order valence-electron chi connectivity index (χ0n) is 11.3. The molecule has 2 aromatic carbocycles. The summed E-state index contributed by atoms with van der Waals surface area (Å²) in [7, 11) is -3.86. The van der Waals surface area contributed by atoms with Crippen molar-refractivity contribution < 1.29 is 18.3 Å². The van der Waals surface area contributed by atoms with Crippen LogP contribution < -0.4 is 4.31 Å².